The number of nitrogens with one attached hydrogen (secondary N) is 1. The molecule has 0 atom stereocenters. The van der Waals surface area contributed by atoms with Crippen molar-refractivity contribution in [3.8, 4) is 0 Å². The average Bonchev–Trinajstić information content (AvgIpc) is 2.43. The zero-order valence-electron chi connectivity index (χ0n) is 12.6. The van der Waals surface area contributed by atoms with Crippen molar-refractivity contribution in [3.63, 3.8) is 0 Å². The number of piperazine rings is 1. The van der Waals surface area contributed by atoms with Gasteiger partial charge in [0.1, 0.15) is 0 Å². The molecule has 0 unspecified atom stereocenters. The lowest BCUT2D eigenvalue weighted by molar-refractivity contribution is 0.0925. The molecule has 1 rings (SSSR count). The van der Waals surface area contributed by atoms with Gasteiger partial charge in [0.05, 0.1) is 0 Å². The van der Waals surface area contributed by atoms with E-state index in [9.17, 15) is 0 Å². The van der Waals surface area contributed by atoms with Crippen LogP contribution >= 0.6 is 0 Å². The lowest BCUT2D eigenvalue weighted by atomic mass is 9.90. The van der Waals surface area contributed by atoms with Gasteiger partial charge in [0, 0.05) is 44.9 Å². The molecule has 1 aliphatic rings. The summed E-state index contributed by atoms with van der Waals surface area (Å²) in [5.41, 5.74) is 0.362. The summed E-state index contributed by atoms with van der Waals surface area (Å²) in [6.07, 6.45) is 6.06. The second kappa shape index (κ2) is 8.89. The predicted molar refractivity (Wildman–Crippen MR) is 78.1 cm³/mol. The SMILES string of the molecule is CCCCOCCCN1CCNC(CC)(CC)C1. The van der Waals surface area contributed by atoms with Gasteiger partial charge in [0.25, 0.3) is 0 Å². The van der Waals surface area contributed by atoms with E-state index in [0.29, 0.717) is 5.54 Å². The van der Waals surface area contributed by atoms with Crippen LogP contribution in [0.4, 0.5) is 0 Å². The number of ether oxygens (including phenoxy) is 1. The van der Waals surface area contributed by atoms with E-state index in [1.807, 2.05) is 0 Å². The zero-order valence-corrected chi connectivity index (χ0v) is 12.6. The molecule has 1 heterocycles. The normalized spacial score (nSPS) is 20.2. The Hall–Kier alpha value is -0.120. The molecule has 3 nitrogen and oxygen atoms in total. The molecule has 1 saturated heterocycles. The van der Waals surface area contributed by atoms with E-state index in [1.165, 1.54) is 51.7 Å². The first-order chi connectivity index (χ1) is 8.76. The van der Waals surface area contributed by atoms with Crippen molar-refractivity contribution >= 4 is 0 Å². The Kier molecular flexibility index (Phi) is 7.87. The Morgan fingerprint density at radius 1 is 1.11 bits per heavy atom. The molecule has 0 spiro atoms. The van der Waals surface area contributed by atoms with Gasteiger partial charge in [-0.3, -0.25) is 0 Å². The maximum absolute atomic E-state index is 5.63. The van der Waals surface area contributed by atoms with E-state index < -0.39 is 0 Å². The lowest BCUT2D eigenvalue weighted by Crippen LogP contribution is -2.59. The highest BCUT2D eigenvalue weighted by Gasteiger charge is 2.31. The van der Waals surface area contributed by atoms with E-state index in [1.54, 1.807) is 0 Å². The molecule has 108 valence electrons. The van der Waals surface area contributed by atoms with Gasteiger partial charge in [-0.1, -0.05) is 27.2 Å². The summed E-state index contributed by atoms with van der Waals surface area (Å²) in [5.74, 6) is 0. The molecule has 0 bridgehead atoms. The second-order valence-corrected chi connectivity index (χ2v) is 5.51. The fourth-order valence-electron chi connectivity index (χ4n) is 2.70. The zero-order chi connectivity index (χ0) is 13.3. The number of hydrogen-bond donors (Lipinski definition) is 1. The Morgan fingerprint density at radius 2 is 1.83 bits per heavy atom. The third-order valence-corrected chi connectivity index (χ3v) is 4.21. The Bertz CT molecular complexity index is 205. The molecule has 0 radical (unpaired) electrons. The van der Waals surface area contributed by atoms with Gasteiger partial charge in [-0.2, -0.15) is 0 Å². The molecule has 1 aliphatic heterocycles. The molecule has 0 aromatic rings. The smallest absolute Gasteiger partial charge is 0.0478 e. The van der Waals surface area contributed by atoms with Crippen molar-refractivity contribution in [2.24, 2.45) is 0 Å². The first-order valence-electron chi connectivity index (χ1n) is 7.81. The minimum absolute atomic E-state index is 0.362. The Morgan fingerprint density at radius 3 is 2.50 bits per heavy atom. The third kappa shape index (κ3) is 5.25. The van der Waals surface area contributed by atoms with E-state index in [2.05, 4.69) is 31.0 Å². The second-order valence-electron chi connectivity index (χ2n) is 5.51. The van der Waals surface area contributed by atoms with Crippen molar-refractivity contribution in [2.75, 3.05) is 39.4 Å². The third-order valence-electron chi connectivity index (χ3n) is 4.21. The van der Waals surface area contributed by atoms with Crippen LogP contribution in [0.3, 0.4) is 0 Å². The van der Waals surface area contributed by atoms with Crippen LogP contribution < -0.4 is 5.32 Å². The van der Waals surface area contributed by atoms with Crippen molar-refractivity contribution in [1.29, 1.82) is 0 Å². The van der Waals surface area contributed by atoms with Gasteiger partial charge in [0.2, 0.25) is 0 Å². The van der Waals surface area contributed by atoms with Crippen LogP contribution in [0, 0.1) is 0 Å². The lowest BCUT2D eigenvalue weighted by Gasteiger charge is -2.43. The molecule has 0 saturated carbocycles. The highest BCUT2D eigenvalue weighted by atomic mass is 16.5. The summed E-state index contributed by atoms with van der Waals surface area (Å²) in [4.78, 5) is 2.60. The average molecular weight is 256 g/mol. The van der Waals surface area contributed by atoms with Crippen LogP contribution in [0.2, 0.25) is 0 Å². The molecule has 0 aliphatic carbocycles. The molecule has 1 fully saturated rings. The van der Waals surface area contributed by atoms with Gasteiger partial charge in [-0.15, -0.1) is 0 Å². The highest BCUT2D eigenvalue weighted by molar-refractivity contribution is 4.92. The van der Waals surface area contributed by atoms with Gasteiger partial charge in [0.15, 0.2) is 0 Å². The molecule has 3 heteroatoms. The van der Waals surface area contributed by atoms with Crippen molar-refractivity contribution in [1.82, 2.24) is 10.2 Å². The van der Waals surface area contributed by atoms with E-state index in [-0.39, 0.29) is 0 Å². The summed E-state index contributed by atoms with van der Waals surface area (Å²) < 4.78 is 5.63. The summed E-state index contributed by atoms with van der Waals surface area (Å²) in [7, 11) is 0. The van der Waals surface area contributed by atoms with Gasteiger partial charge in [-0.05, 0) is 25.7 Å². The standard InChI is InChI=1S/C15H32N2O/c1-4-7-12-18-13-8-10-17-11-9-16-15(5-2,6-3)14-17/h16H,4-14H2,1-3H3. The van der Waals surface area contributed by atoms with Crippen LogP contribution in [0.1, 0.15) is 52.9 Å². The minimum Gasteiger partial charge on any atom is -0.381 e. The van der Waals surface area contributed by atoms with Gasteiger partial charge < -0.3 is 15.0 Å². The fraction of sp³-hybridized carbons (Fsp3) is 1.00. The number of hydrogen-bond acceptors (Lipinski definition) is 3. The van der Waals surface area contributed by atoms with Crippen LogP contribution in [-0.4, -0.2) is 49.8 Å². The van der Waals surface area contributed by atoms with Crippen LogP contribution in [-0.2, 0) is 4.74 Å². The number of unbranched alkanes of at least 4 members (excludes halogenated alkanes) is 1. The van der Waals surface area contributed by atoms with E-state index in [4.69, 9.17) is 4.74 Å². The van der Waals surface area contributed by atoms with Crippen molar-refractivity contribution < 1.29 is 4.74 Å². The Balaban J connectivity index is 2.14. The molecule has 18 heavy (non-hydrogen) atoms. The summed E-state index contributed by atoms with van der Waals surface area (Å²) in [5, 5.41) is 3.71. The van der Waals surface area contributed by atoms with E-state index >= 15 is 0 Å². The topological polar surface area (TPSA) is 24.5 Å². The monoisotopic (exact) mass is 256 g/mol. The molecular formula is C15H32N2O. The van der Waals surface area contributed by atoms with Crippen LogP contribution in [0.25, 0.3) is 0 Å². The van der Waals surface area contributed by atoms with Gasteiger partial charge in [-0.25, -0.2) is 0 Å². The maximum atomic E-state index is 5.63. The highest BCUT2D eigenvalue weighted by Crippen LogP contribution is 2.19. The van der Waals surface area contributed by atoms with E-state index in [0.717, 1.165) is 19.8 Å². The predicted octanol–water partition coefficient (Wildman–Crippen LogP) is 2.66. The van der Waals surface area contributed by atoms with Crippen LogP contribution in [0.15, 0.2) is 0 Å². The van der Waals surface area contributed by atoms with Crippen molar-refractivity contribution in [3.05, 3.63) is 0 Å². The Labute approximate surface area is 113 Å². The number of rotatable bonds is 9. The minimum atomic E-state index is 0.362. The van der Waals surface area contributed by atoms with Crippen molar-refractivity contribution in [2.45, 2.75) is 58.4 Å². The quantitative estimate of drug-likeness (QED) is 0.642. The first kappa shape index (κ1) is 15.9. The fourth-order valence-corrected chi connectivity index (χ4v) is 2.70. The summed E-state index contributed by atoms with van der Waals surface area (Å²) >= 11 is 0. The largest absolute Gasteiger partial charge is 0.381 e. The van der Waals surface area contributed by atoms with Crippen LogP contribution in [0.5, 0.6) is 0 Å². The molecule has 1 N–H and O–H groups in total. The molecule has 0 aromatic heterocycles. The molecule has 0 amide bonds. The summed E-state index contributed by atoms with van der Waals surface area (Å²) in [6, 6.07) is 0. The first-order valence-corrected chi connectivity index (χ1v) is 7.81. The number of nitrogens with zero attached hydrogens (tertiary/aromatic N) is 1. The molecular weight excluding hydrogens is 224 g/mol. The van der Waals surface area contributed by atoms with Gasteiger partial charge >= 0.3 is 0 Å². The molecule has 0 aromatic carbocycles. The maximum Gasteiger partial charge on any atom is 0.0478 e. The summed E-state index contributed by atoms with van der Waals surface area (Å²) in [6.45, 7) is 13.4.